The number of para-hydroxylation sites is 2. The molecule has 1 aromatic heterocycles. The molecular weight excluding hydrogens is 392 g/mol. The highest BCUT2D eigenvalue weighted by Gasteiger charge is 2.15. The lowest BCUT2D eigenvalue weighted by Gasteiger charge is -2.19. The lowest BCUT2D eigenvalue weighted by Crippen LogP contribution is -2.27. The highest BCUT2D eigenvalue weighted by Crippen LogP contribution is 2.20. The third-order valence-corrected chi connectivity index (χ3v) is 5.05. The summed E-state index contributed by atoms with van der Waals surface area (Å²) in [5.41, 5.74) is 2.53. The zero-order chi connectivity index (χ0) is 18.5. The standard InChI is InChI=1S/C20H23BrN4O/c1-3-24(4-2)13-14-25-18-8-6-5-7-17(18)22-20(25)23-19(26)15-9-11-16(21)12-10-15/h5-12H,3-4,13-14H2,1-2H3,(H,22,23,26). The van der Waals surface area contributed by atoms with E-state index < -0.39 is 0 Å². The van der Waals surface area contributed by atoms with Gasteiger partial charge < -0.3 is 9.47 Å². The van der Waals surface area contributed by atoms with Gasteiger partial charge in [-0.2, -0.15) is 0 Å². The van der Waals surface area contributed by atoms with Crippen LogP contribution in [0.15, 0.2) is 53.0 Å². The zero-order valence-corrected chi connectivity index (χ0v) is 16.7. The first kappa shape index (κ1) is 18.6. The third kappa shape index (κ3) is 4.14. The molecule has 136 valence electrons. The van der Waals surface area contributed by atoms with Crippen molar-refractivity contribution in [2.24, 2.45) is 0 Å². The van der Waals surface area contributed by atoms with Gasteiger partial charge in [0.25, 0.3) is 5.91 Å². The Hall–Kier alpha value is -2.18. The van der Waals surface area contributed by atoms with Crippen LogP contribution in [0, 0.1) is 0 Å². The Balaban J connectivity index is 1.87. The zero-order valence-electron chi connectivity index (χ0n) is 15.1. The Kier molecular flexibility index (Phi) is 6.06. The number of benzene rings is 2. The van der Waals surface area contributed by atoms with E-state index in [0.717, 1.165) is 41.7 Å². The van der Waals surface area contributed by atoms with Crippen molar-refractivity contribution in [1.82, 2.24) is 14.5 Å². The molecule has 0 saturated heterocycles. The molecule has 3 rings (SSSR count). The van der Waals surface area contributed by atoms with Crippen LogP contribution in [-0.2, 0) is 6.54 Å². The summed E-state index contributed by atoms with van der Waals surface area (Å²) in [5, 5.41) is 2.97. The summed E-state index contributed by atoms with van der Waals surface area (Å²) in [7, 11) is 0. The van der Waals surface area contributed by atoms with Crippen molar-refractivity contribution < 1.29 is 4.79 Å². The minimum absolute atomic E-state index is 0.156. The van der Waals surface area contributed by atoms with E-state index in [1.807, 2.05) is 36.4 Å². The molecule has 1 amide bonds. The van der Waals surface area contributed by atoms with Gasteiger partial charge in [-0.15, -0.1) is 0 Å². The maximum Gasteiger partial charge on any atom is 0.257 e. The number of hydrogen-bond acceptors (Lipinski definition) is 3. The molecule has 0 atom stereocenters. The fourth-order valence-electron chi connectivity index (χ4n) is 2.95. The van der Waals surface area contributed by atoms with Gasteiger partial charge in [-0.05, 0) is 49.5 Å². The quantitative estimate of drug-likeness (QED) is 0.623. The van der Waals surface area contributed by atoms with Crippen molar-refractivity contribution in [3.63, 3.8) is 0 Å². The first-order valence-electron chi connectivity index (χ1n) is 8.87. The van der Waals surface area contributed by atoms with Crippen LogP contribution >= 0.6 is 15.9 Å². The molecule has 0 fully saturated rings. The third-order valence-electron chi connectivity index (χ3n) is 4.52. The van der Waals surface area contributed by atoms with Gasteiger partial charge in [0.05, 0.1) is 11.0 Å². The molecule has 0 bridgehead atoms. The van der Waals surface area contributed by atoms with Crippen molar-refractivity contribution in [3.8, 4) is 0 Å². The molecule has 0 aliphatic heterocycles. The number of nitrogens with zero attached hydrogens (tertiary/aromatic N) is 3. The monoisotopic (exact) mass is 414 g/mol. The van der Waals surface area contributed by atoms with Crippen LogP contribution in [0.2, 0.25) is 0 Å². The first-order chi connectivity index (χ1) is 12.6. The number of halogens is 1. The molecule has 26 heavy (non-hydrogen) atoms. The Morgan fingerprint density at radius 2 is 1.81 bits per heavy atom. The molecular formula is C20H23BrN4O. The number of carbonyl (C=O) groups is 1. The van der Waals surface area contributed by atoms with Crippen molar-refractivity contribution in [2.75, 3.05) is 25.0 Å². The Labute approximate surface area is 162 Å². The second-order valence-corrected chi connectivity index (χ2v) is 6.98. The summed E-state index contributed by atoms with van der Waals surface area (Å²) in [5.74, 6) is 0.433. The highest BCUT2D eigenvalue weighted by atomic mass is 79.9. The molecule has 1 N–H and O–H groups in total. The van der Waals surface area contributed by atoms with Gasteiger partial charge in [0.1, 0.15) is 0 Å². The molecule has 0 spiro atoms. The first-order valence-corrected chi connectivity index (χ1v) is 9.66. The van der Waals surface area contributed by atoms with Gasteiger partial charge in [0.2, 0.25) is 5.95 Å². The van der Waals surface area contributed by atoms with Crippen molar-refractivity contribution >= 4 is 38.8 Å². The van der Waals surface area contributed by atoms with Crippen molar-refractivity contribution in [1.29, 1.82) is 0 Å². The molecule has 0 unspecified atom stereocenters. The number of likely N-dealkylation sites (N-methyl/N-ethyl adjacent to an activating group) is 1. The number of nitrogens with one attached hydrogen (secondary N) is 1. The summed E-state index contributed by atoms with van der Waals surface area (Å²) in [6, 6.07) is 15.3. The van der Waals surface area contributed by atoms with Gasteiger partial charge in [-0.25, -0.2) is 4.98 Å². The summed E-state index contributed by atoms with van der Waals surface area (Å²) in [4.78, 5) is 19.6. The largest absolute Gasteiger partial charge is 0.309 e. The van der Waals surface area contributed by atoms with Gasteiger partial charge in [0, 0.05) is 23.1 Å². The van der Waals surface area contributed by atoms with Crippen LogP contribution in [-0.4, -0.2) is 40.0 Å². The van der Waals surface area contributed by atoms with Gasteiger partial charge in [0.15, 0.2) is 0 Å². The van der Waals surface area contributed by atoms with Crippen molar-refractivity contribution in [2.45, 2.75) is 20.4 Å². The van der Waals surface area contributed by atoms with Crippen LogP contribution in [0.3, 0.4) is 0 Å². The number of imidazole rings is 1. The van der Waals surface area contributed by atoms with Crippen molar-refractivity contribution in [3.05, 3.63) is 58.6 Å². The van der Waals surface area contributed by atoms with Crippen LogP contribution in [0.25, 0.3) is 11.0 Å². The molecule has 0 aliphatic rings. The summed E-state index contributed by atoms with van der Waals surface area (Å²) in [6.07, 6.45) is 0. The Bertz CT molecular complexity index is 884. The van der Waals surface area contributed by atoms with E-state index >= 15 is 0 Å². The number of carbonyl (C=O) groups excluding carboxylic acids is 1. The number of hydrogen-bond donors (Lipinski definition) is 1. The maximum atomic E-state index is 12.6. The summed E-state index contributed by atoms with van der Waals surface area (Å²) in [6.45, 7) is 8.01. The van der Waals surface area contributed by atoms with Crippen LogP contribution in [0.1, 0.15) is 24.2 Å². The molecule has 6 heteroatoms. The lowest BCUT2D eigenvalue weighted by atomic mass is 10.2. The van der Waals surface area contributed by atoms with Crippen LogP contribution in [0.5, 0.6) is 0 Å². The predicted octanol–water partition coefficient (Wildman–Crippen LogP) is 4.39. The van der Waals surface area contributed by atoms with Crippen LogP contribution in [0.4, 0.5) is 5.95 Å². The van der Waals surface area contributed by atoms with E-state index in [1.165, 1.54) is 0 Å². The second-order valence-electron chi connectivity index (χ2n) is 6.06. The Morgan fingerprint density at radius 1 is 1.12 bits per heavy atom. The van der Waals surface area contributed by atoms with Gasteiger partial charge in [-0.1, -0.05) is 41.9 Å². The maximum absolute atomic E-state index is 12.6. The fourth-order valence-corrected chi connectivity index (χ4v) is 3.22. The predicted molar refractivity (Wildman–Crippen MR) is 110 cm³/mol. The average molecular weight is 415 g/mol. The lowest BCUT2D eigenvalue weighted by molar-refractivity contribution is 0.102. The molecule has 5 nitrogen and oxygen atoms in total. The second kappa shape index (κ2) is 8.47. The number of fused-ring (bicyclic) bond motifs is 1. The van der Waals surface area contributed by atoms with E-state index in [0.29, 0.717) is 11.5 Å². The topological polar surface area (TPSA) is 50.2 Å². The summed E-state index contributed by atoms with van der Waals surface area (Å²) >= 11 is 3.39. The Morgan fingerprint density at radius 3 is 2.50 bits per heavy atom. The smallest absolute Gasteiger partial charge is 0.257 e. The summed E-state index contributed by atoms with van der Waals surface area (Å²) < 4.78 is 3.03. The number of rotatable bonds is 7. The highest BCUT2D eigenvalue weighted by molar-refractivity contribution is 9.10. The van der Waals surface area contributed by atoms with E-state index in [2.05, 4.69) is 49.5 Å². The van der Waals surface area contributed by atoms with Crippen LogP contribution < -0.4 is 5.32 Å². The van der Waals surface area contributed by atoms with Gasteiger partial charge in [-0.3, -0.25) is 10.1 Å². The SMILES string of the molecule is CCN(CC)CCn1c(NC(=O)c2ccc(Br)cc2)nc2ccccc21. The van der Waals surface area contributed by atoms with E-state index in [4.69, 9.17) is 0 Å². The average Bonchev–Trinajstić information content (AvgIpc) is 3.00. The minimum Gasteiger partial charge on any atom is -0.309 e. The molecule has 2 aromatic carbocycles. The molecule has 0 radical (unpaired) electrons. The van der Waals surface area contributed by atoms with E-state index in [9.17, 15) is 4.79 Å². The molecule has 1 heterocycles. The molecule has 3 aromatic rings. The van der Waals surface area contributed by atoms with Gasteiger partial charge >= 0.3 is 0 Å². The molecule has 0 aliphatic carbocycles. The number of anilines is 1. The fraction of sp³-hybridized carbons (Fsp3) is 0.300. The normalized spacial score (nSPS) is 11.2. The number of aromatic nitrogens is 2. The van der Waals surface area contributed by atoms with E-state index in [1.54, 1.807) is 12.1 Å². The van der Waals surface area contributed by atoms with E-state index in [-0.39, 0.29) is 5.91 Å². The molecule has 0 saturated carbocycles. The minimum atomic E-state index is -0.156. The number of amides is 1.